The van der Waals surface area contributed by atoms with Crippen molar-refractivity contribution in [1.29, 1.82) is 0 Å². The van der Waals surface area contributed by atoms with Crippen LogP contribution in [0.15, 0.2) is 0 Å². The van der Waals surface area contributed by atoms with Crippen LogP contribution in [0.25, 0.3) is 0 Å². The Labute approximate surface area is 128 Å². The monoisotopic (exact) mass is 304 g/mol. The fourth-order valence-electron chi connectivity index (χ4n) is 2.85. The number of thiazole rings is 1. The van der Waals surface area contributed by atoms with E-state index < -0.39 is 0 Å². The predicted molar refractivity (Wildman–Crippen MR) is 82.4 cm³/mol. The molecular formula is C15H20N4OS. The molecule has 0 saturated heterocycles. The van der Waals surface area contributed by atoms with Gasteiger partial charge in [-0.3, -0.25) is 9.89 Å². The van der Waals surface area contributed by atoms with Gasteiger partial charge in [0.1, 0.15) is 0 Å². The number of aromatic amines is 1. The van der Waals surface area contributed by atoms with Crippen LogP contribution in [-0.2, 0) is 30.6 Å². The first-order valence-corrected chi connectivity index (χ1v) is 8.15. The lowest BCUT2D eigenvalue weighted by molar-refractivity contribution is -0.131. The highest BCUT2D eigenvalue weighted by Gasteiger charge is 2.25. The van der Waals surface area contributed by atoms with Gasteiger partial charge in [-0.15, -0.1) is 11.3 Å². The number of hydrogen-bond acceptors (Lipinski definition) is 4. The van der Waals surface area contributed by atoms with E-state index in [0.717, 1.165) is 40.7 Å². The normalized spacial score (nSPS) is 14.3. The van der Waals surface area contributed by atoms with Gasteiger partial charge in [-0.25, -0.2) is 4.98 Å². The number of nitrogens with one attached hydrogen (secondary N) is 1. The average molecular weight is 304 g/mol. The molecule has 2 aromatic heterocycles. The lowest BCUT2D eigenvalue weighted by Gasteiger charge is -2.27. The summed E-state index contributed by atoms with van der Waals surface area (Å²) < 4.78 is 0. The van der Waals surface area contributed by atoms with E-state index in [4.69, 9.17) is 0 Å². The van der Waals surface area contributed by atoms with Crippen LogP contribution in [-0.4, -0.2) is 32.5 Å². The highest BCUT2D eigenvalue weighted by Crippen LogP contribution is 2.23. The molecule has 1 N–H and O–H groups in total. The molecule has 5 nitrogen and oxygen atoms in total. The minimum Gasteiger partial charge on any atom is -0.338 e. The van der Waals surface area contributed by atoms with Gasteiger partial charge in [-0.2, -0.15) is 5.10 Å². The van der Waals surface area contributed by atoms with Crippen molar-refractivity contribution in [3.05, 3.63) is 32.5 Å². The van der Waals surface area contributed by atoms with Crippen LogP contribution in [0.5, 0.6) is 0 Å². The summed E-state index contributed by atoms with van der Waals surface area (Å²) in [5.41, 5.74) is 4.49. The van der Waals surface area contributed by atoms with Crippen LogP contribution in [0, 0.1) is 13.8 Å². The van der Waals surface area contributed by atoms with Gasteiger partial charge in [0, 0.05) is 35.6 Å². The third-order valence-electron chi connectivity index (χ3n) is 4.02. The first-order chi connectivity index (χ1) is 10.1. The van der Waals surface area contributed by atoms with Gasteiger partial charge in [0.25, 0.3) is 0 Å². The molecule has 1 aliphatic heterocycles. The predicted octanol–water partition coefficient (Wildman–Crippen LogP) is 2.17. The van der Waals surface area contributed by atoms with E-state index in [9.17, 15) is 4.79 Å². The highest BCUT2D eigenvalue weighted by molar-refractivity contribution is 7.11. The molecule has 2 aromatic rings. The van der Waals surface area contributed by atoms with Crippen molar-refractivity contribution >= 4 is 17.2 Å². The summed E-state index contributed by atoms with van der Waals surface area (Å²) in [7, 11) is 0. The molecule has 0 aliphatic carbocycles. The number of aryl methyl sites for hydroxylation is 3. The second-order valence-electron chi connectivity index (χ2n) is 5.46. The van der Waals surface area contributed by atoms with Crippen LogP contribution >= 0.6 is 11.3 Å². The van der Waals surface area contributed by atoms with Crippen molar-refractivity contribution in [3.63, 3.8) is 0 Å². The summed E-state index contributed by atoms with van der Waals surface area (Å²) in [6.45, 7) is 7.52. The second kappa shape index (κ2) is 5.60. The molecule has 1 aliphatic rings. The second-order valence-corrected chi connectivity index (χ2v) is 6.75. The molecule has 0 bridgehead atoms. The highest BCUT2D eigenvalue weighted by atomic mass is 32.1. The van der Waals surface area contributed by atoms with Gasteiger partial charge < -0.3 is 4.90 Å². The minimum atomic E-state index is 0.190. The largest absolute Gasteiger partial charge is 0.338 e. The smallest absolute Gasteiger partial charge is 0.228 e. The molecule has 112 valence electrons. The lowest BCUT2D eigenvalue weighted by atomic mass is 10.0. The first-order valence-electron chi connectivity index (χ1n) is 7.34. The van der Waals surface area contributed by atoms with Gasteiger partial charge in [0.05, 0.1) is 22.8 Å². The number of amides is 1. The summed E-state index contributed by atoms with van der Waals surface area (Å²) >= 11 is 1.62. The lowest BCUT2D eigenvalue weighted by Crippen LogP contribution is -2.37. The number of carbonyl (C=O) groups is 1. The quantitative estimate of drug-likeness (QED) is 0.945. The molecule has 0 radical (unpaired) electrons. The number of nitrogens with zero attached hydrogens (tertiary/aromatic N) is 3. The van der Waals surface area contributed by atoms with E-state index in [1.165, 1.54) is 11.3 Å². The van der Waals surface area contributed by atoms with E-state index >= 15 is 0 Å². The summed E-state index contributed by atoms with van der Waals surface area (Å²) in [5.74, 6) is 0.190. The van der Waals surface area contributed by atoms with E-state index in [1.54, 1.807) is 11.3 Å². The molecule has 6 heteroatoms. The van der Waals surface area contributed by atoms with Crippen LogP contribution < -0.4 is 0 Å². The number of rotatable bonds is 3. The number of fused-ring (bicyclic) bond motifs is 1. The Kier molecular flexibility index (Phi) is 3.80. The third-order valence-corrected chi connectivity index (χ3v) is 5.09. The van der Waals surface area contributed by atoms with Crippen molar-refractivity contribution in [2.75, 3.05) is 6.54 Å². The standard InChI is InChI=1S/C15H20N4OS/c1-4-12-11-8-19(6-5-13(11)18-17-12)15(20)7-14-9(2)16-10(3)21-14/h4-8H2,1-3H3,(H,17,18). The molecule has 0 saturated carbocycles. The van der Waals surface area contributed by atoms with Crippen LogP contribution in [0.3, 0.4) is 0 Å². The maximum absolute atomic E-state index is 12.5. The summed E-state index contributed by atoms with van der Waals surface area (Å²) in [6, 6.07) is 0. The van der Waals surface area contributed by atoms with Crippen LogP contribution in [0.4, 0.5) is 0 Å². The number of carbonyl (C=O) groups excluding carboxylic acids is 1. The molecule has 3 heterocycles. The van der Waals surface area contributed by atoms with Gasteiger partial charge in [0.2, 0.25) is 5.91 Å². The summed E-state index contributed by atoms with van der Waals surface area (Å²) in [6.07, 6.45) is 2.24. The third kappa shape index (κ3) is 2.72. The maximum atomic E-state index is 12.5. The van der Waals surface area contributed by atoms with E-state index in [1.807, 2.05) is 18.7 Å². The Morgan fingerprint density at radius 3 is 2.90 bits per heavy atom. The fourth-order valence-corrected chi connectivity index (χ4v) is 3.77. The summed E-state index contributed by atoms with van der Waals surface area (Å²) in [5, 5.41) is 8.47. The van der Waals surface area contributed by atoms with Crippen molar-refractivity contribution in [1.82, 2.24) is 20.1 Å². The van der Waals surface area contributed by atoms with Crippen molar-refractivity contribution in [3.8, 4) is 0 Å². The van der Waals surface area contributed by atoms with Gasteiger partial charge in [-0.05, 0) is 20.3 Å². The Morgan fingerprint density at radius 2 is 2.24 bits per heavy atom. The van der Waals surface area contributed by atoms with E-state index in [0.29, 0.717) is 13.0 Å². The molecule has 0 unspecified atom stereocenters. The Bertz CT molecular complexity index is 660. The Hall–Kier alpha value is -1.69. The van der Waals surface area contributed by atoms with Crippen molar-refractivity contribution in [2.45, 2.75) is 46.6 Å². The van der Waals surface area contributed by atoms with Crippen molar-refractivity contribution in [2.24, 2.45) is 0 Å². The number of aromatic nitrogens is 3. The maximum Gasteiger partial charge on any atom is 0.228 e. The van der Waals surface area contributed by atoms with Gasteiger partial charge in [0.15, 0.2) is 0 Å². The Balaban J connectivity index is 1.73. The topological polar surface area (TPSA) is 61.9 Å². The minimum absolute atomic E-state index is 0.190. The molecule has 0 fully saturated rings. The zero-order valence-electron chi connectivity index (χ0n) is 12.7. The SMILES string of the molecule is CCc1n[nH]c2c1CN(C(=O)Cc1sc(C)nc1C)CC2. The molecule has 0 spiro atoms. The Morgan fingerprint density at radius 1 is 1.43 bits per heavy atom. The molecule has 0 aromatic carbocycles. The number of hydrogen-bond donors (Lipinski definition) is 1. The zero-order chi connectivity index (χ0) is 15.0. The van der Waals surface area contributed by atoms with Crippen molar-refractivity contribution < 1.29 is 4.79 Å². The zero-order valence-corrected chi connectivity index (χ0v) is 13.5. The van der Waals surface area contributed by atoms with Gasteiger partial charge >= 0.3 is 0 Å². The fraction of sp³-hybridized carbons (Fsp3) is 0.533. The molecule has 3 rings (SSSR count). The van der Waals surface area contributed by atoms with Gasteiger partial charge in [-0.1, -0.05) is 6.92 Å². The van der Waals surface area contributed by atoms with Crippen LogP contribution in [0.1, 0.15) is 39.5 Å². The summed E-state index contributed by atoms with van der Waals surface area (Å²) in [4.78, 5) is 20.0. The number of H-pyrrole nitrogens is 1. The average Bonchev–Trinajstić information content (AvgIpc) is 3.01. The van der Waals surface area contributed by atoms with Crippen LogP contribution in [0.2, 0.25) is 0 Å². The molecule has 0 atom stereocenters. The van der Waals surface area contributed by atoms with E-state index in [-0.39, 0.29) is 5.91 Å². The molecule has 1 amide bonds. The van der Waals surface area contributed by atoms with E-state index in [2.05, 4.69) is 22.1 Å². The first kappa shape index (κ1) is 14.3. The molecule has 21 heavy (non-hydrogen) atoms. The molecular weight excluding hydrogens is 284 g/mol.